The highest BCUT2D eigenvalue weighted by molar-refractivity contribution is 5.64. The summed E-state index contributed by atoms with van der Waals surface area (Å²) in [5.41, 5.74) is 2.45. The molecule has 2 rings (SSSR count). The molecule has 1 aliphatic carbocycles. The maximum atomic E-state index is 5.57. The van der Waals surface area contributed by atoms with E-state index >= 15 is 0 Å². The van der Waals surface area contributed by atoms with Gasteiger partial charge in [0.2, 0.25) is 0 Å². The molecule has 1 aliphatic rings. The van der Waals surface area contributed by atoms with E-state index in [1.165, 1.54) is 11.1 Å². The third-order valence-electron chi connectivity index (χ3n) is 2.27. The summed E-state index contributed by atoms with van der Waals surface area (Å²) < 4.78 is 5.57. The Morgan fingerprint density at radius 3 is 3.36 bits per heavy atom. The van der Waals surface area contributed by atoms with Crippen LogP contribution in [0.15, 0.2) is 37.2 Å². The van der Waals surface area contributed by atoms with Crippen LogP contribution < -0.4 is 0 Å². The van der Waals surface area contributed by atoms with Crippen molar-refractivity contribution in [2.24, 2.45) is 0 Å². The zero-order valence-electron chi connectivity index (χ0n) is 8.07. The van der Waals surface area contributed by atoms with E-state index in [1.807, 2.05) is 12.3 Å². The Kier molecular flexibility index (Phi) is 2.63. The molecular formula is C12H13NO. The number of rotatable bonds is 3. The van der Waals surface area contributed by atoms with Gasteiger partial charge in [-0.25, -0.2) is 0 Å². The lowest BCUT2D eigenvalue weighted by Gasteiger charge is -2.16. The fourth-order valence-electron chi connectivity index (χ4n) is 1.62. The van der Waals surface area contributed by atoms with Gasteiger partial charge < -0.3 is 4.74 Å². The van der Waals surface area contributed by atoms with Crippen molar-refractivity contribution in [3.8, 4) is 0 Å². The van der Waals surface area contributed by atoms with Crippen LogP contribution in [-0.4, -0.2) is 11.6 Å². The first-order valence-electron chi connectivity index (χ1n) is 4.79. The number of aromatic nitrogens is 1. The van der Waals surface area contributed by atoms with E-state index in [0.29, 0.717) is 6.61 Å². The Balaban J connectivity index is 2.26. The summed E-state index contributed by atoms with van der Waals surface area (Å²) in [5, 5.41) is 0. The summed E-state index contributed by atoms with van der Waals surface area (Å²) in [6.07, 6.45) is 9.70. The molecule has 0 amide bonds. The molecule has 14 heavy (non-hydrogen) atoms. The quantitative estimate of drug-likeness (QED) is 0.678. The molecule has 0 aromatic carbocycles. The van der Waals surface area contributed by atoms with Gasteiger partial charge in [0.1, 0.15) is 12.4 Å². The van der Waals surface area contributed by atoms with Crippen LogP contribution in [0.25, 0.3) is 5.76 Å². The number of nitrogens with zero attached hydrogens (tertiary/aromatic N) is 1. The average Bonchev–Trinajstić information content (AvgIpc) is 2.26. The minimum Gasteiger partial charge on any atom is -0.489 e. The van der Waals surface area contributed by atoms with E-state index in [2.05, 4.69) is 17.6 Å². The molecule has 1 aromatic heterocycles. The van der Waals surface area contributed by atoms with Crippen molar-refractivity contribution in [1.82, 2.24) is 4.98 Å². The molecule has 0 saturated heterocycles. The lowest BCUT2D eigenvalue weighted by Crippen LogP contribution is -2.03. The minimum absolute atomic E-state index is 0.563. The molecule has 0 fully saturated rings. The molecule has 0 bridgehead atoms. The van der Waals surface area contributed by atoms with Crippen molar-refractivity contribution >= 4 is 5.76 Å². The van der Waals surface area contributed by atoms with Gasteiger partial charge in [0, 0.05) is 18.0 Å². The fourth-order valence-corrected chi connectivity index (χ4v) is 1.62. The first-order valence-corrected chi connectivity index (χ1v) is 4.79. The summed E-state index contributed by atoms with van der Waals surface area (Å²) in [5.74, 6) is 0.966. The van der Waals surface area contributed by atoms with Crippen LogP contribution in [0.2, 0.25) is 0 Å². The second-order valence-corrected chi connectivity index (χ2v) is 3.24. The Labute approximate surface area is 83.9 Å². The smallest absolute Gasteiger partial charge is 0.123 e. The molecule has 2 nitrogen and oxygen atoms in total. The fraction of sp³-hybridized carbons (Fsp3) is 0.250. The predicted octanol–water partition coefficient (Wildman–Crippen LogP) is 2.57. The van der Waals surface area contributed by atoms with E-state index in [9.17, 15) is 0 Å². The third kappa shape index (κ3) is 1.69. The second kappa shape index (κ2) is 4.09. The van der Waals surface area contributed by atoms with Gasteiger partial charge in [0.25, 0.3) is 0 Å². The number of hydrogen-bond donors (Lipinski definition) is 0. The molecule has 0 N–H and O–H groups in total. The third-order valence-corrected chi connectivity index (χ3v) is 2.27. The molecule has 0 radical (unpaired) electrons. The molecule has 1 heterocycles. The standard InChI is InChI=1S/C12H13NO/c1-2-8-14-12-5-3-4-10-9-13-7-6-11(10)12/h2,5-7,9H,1,3-4,8H2. The number of hydrogen-bond acceptors (Lipinski definition) is 2. The number of aryl methyl sites for hydroxylation is 1. The number of fused-ring (bicyclic) bond motifs is 1. The predicted molar refractivity (Wildman–Crippen MR) is 56.7 cm³/mol. The van der Waals surface area contributed by atoms with E-state index in [-0.39, 0.29) is 0 Å². The van der Waals surface area contributed by atoms with Crippen molar-refractivity contribution < 1.29 is 4.74 Å². The van der Waals surface area contributed by atoms with Crippen LogP contribution in [0.5, 0.6) is 0 Å². The maximum absolute atomic E-state index is 5.57. The summed E-state index contributed by atoms with van der Waals surface area (Å²) in [6.45, 7) is 4.20. The highest BCUT2D eigenvalue weighted by Gasteiger charge is 2.12. The van der Waals surface area contributed by atoms with Gasteiger partial charge in [0.05, 0.1) is 0 Å². The molecular weight excluding hydrogens is 174 g/mol. The zero-order valence-corrected chi connectivity index (χ0v) is 8.07. The van der Waals surface area contributed by atoms with Crippen molar-refractivity contribution in [3.63, 3.8) is 0 Å². The van der Waals surface area contributed by atoms with Crippen LogP contribution in [-0.2, 0) is 11.2 Å². The summed E-state index contributed by atoms with van der Waals surface area (Å²) in [7, 11) is 0. The molecule has 0 unspecified atom stereocenters. The van der Waals surface area contributed by atoms with E-state index in [1.54, 1.807) is 12.3 Å². The van der Waals surface area contributed by atoms with Crippen molar-refractivity contribution in [2.75, 3.05) is 6.61 Å². The molecule has 1 aromatic rings. The first kappa shape index (κ1) is 9.00. The van der Waals surface area contributed by atoms with Crippen molar-refractivity contribution in [1.29, 1.82) is 0 Å². The monoisotopic (exact) mass is 187 g/mol. The van der Waals surface area contributed by atoms with Crippen molar-refractivity contribution in [2.45, 2.75) is 12.8 Å². The summed E-state index contributed by atoms with van der Waals surface area (Å²) in [4.78, 5) is 4.11. The maximum Gasteiger partial charge on any atom is 0.123 e. The van der Waals surface area contributed by atoms with Gasteiger partial charge in [-0.1, -0.05) is 12.7 Å². The summed E-state index contributed by atoms with van der Waals surface area (Å²) in [6, 6.07) is 2.00. The number of pyridine rings is 1. The van der Waals surface area contributed by atoms with Gasteiger partial charge in [-0.2, -0.15) is 0 Å². The van der Waals surface area contributed by atoms with Crippen LogP contribution in [0, 0.1) is 0 Å². The number of ether oxygens (including phenoxy) is 1. The van der Waals surface area contributed by atoms with E-state index in [4.69, 9.17) is 4.74 Å². The SMILES string of the molecule is C=CCOC1=CCCc2cnccc21. The van der Waals surface area contributed by atoms with Gasteiger partial charge in [-0.15, -0.1) is 0 Å². The molecule has 0 spiro atoms. The molecule has 0 aliphatic heterocycles. The first-order chi connectivity index (χ1) is 6.92. The molecule has 2 heteroatoms. The van der Waals surface area contributed by atoms with Crippen LogP contribution in [0.4, 0.5) is 0 Å². The highest BCUT2D eigenvalue weighted by Crippen LogP contribution is 2.25. The average molecular weight is 187 g/mol. The Bertz CT molecular complexity index is 368. The largest absolute Gasteiger partial charge is 0.489 e. The van der Waals surface area contributed by atoms with E-state index in [0.717, 1.165) is 18.6 Å². The normalized spacial score (nSPS) is 14.1. The Hall–Kier alpha value is -1.57. The van der Waals surface area contributed by atoms with Gasteiger partial charge >= 0.3 is 0 Å². The minimum atomic E-state index is 0.563. The topological polar surface area (TPSA) is 22.1 Å². The van der Waals surface area contributed by atoms with Crippen LogP contribution in [0.3, 0.4) is 0 Å². The zero-order chi connectivity index (χ0) is 9.80. The van der Waals surface area contributed by atoms with Crippen LogP contribution >= 0.6 is 0 Å². The molecule has 0 saturated carbocycles. The lowest BCUT2D eigenvalue weighted by atomic mass is 9.98. The van der Waals surface area contributed by atoms with Gasteiger partial charge in [0.15, 0.2) is 0 Å². The van der Waals surface area contributed by atoms with Crippen molar-refractivity contribution in [3.05, 3.63) is 48.3 Å². The highest BCUT2D eigenvalue weighted by atomic mass is 16.5. The Morgan fingerprint density at radius 1 is 1.57 bits per heavy atom. The Morgan fingerprint density at radius 2 is 2.50 bits per heavy atom. The van der Waals surface area contributed by atoms with E-state index < -0.39 is 0 Å². The molecule has 0 atom stereocenters. The lowest BCUT2D eigenvalue weighted by molar-refractivity contribution is 0.317. The second-order valence-electron chi connectivity index (χ2n) is 3.24. The van der Waals surface area contributed by atoms with Gasteiger partial charge in [-0.3, -0.25) is 4.98 Å². The van der Waals surface area contributed by atoms with Crippen LogP contribution in [0.1, 0.15) is 17.5 Å². The molecule has 72 valence electrons. The number of allylic oxidation sites excluding steroid dienone is 1. The van der Waals surface area contributed by atoms with Gasteiger partial charge in [-0.05, 0) is 30.5 Å². The summed E-state index contributed by atoms with van der Waals surface area (Å²) >= 11 is 0.